The average Bonchev–Trinajstić information content (AvgIpc) is 2.37. The Hall–Kier alpha value is -0.390. The summed E-state index contributed by atoms with van der Waals surface area (Å²) >= 11 is 6.87. The summed E-state index contributed by atoms with van der Waals surface area (Å²) < 4.78 is 1.80. The number of piperidine rings is 1. The van der Waals surface area contributed by atoms with Gasteiger partial charge in [0.2, 0.25) is 0 Å². The molecule has 1 saturated heterocycles. The molecule has 1 aliphatic heterocycles. The summed E-state index contributed by atoms with van der Waals surface area (Å²) in [5, 5.41) is 0. The second-order valence-corrected chi connectivity index (χ2v) is 6.87. The van der Waals surface area contributed by atoms with Crippen molar-refractivity contribution in [2.45, 2.75) is 18.9 Å². The van der Waals surface area contributed by atoms with Crippen molar-refractivity contribution in [3.8, 4) is 0 Å². The van der Waals surface area contributed by atoms with E-state index in [2.05, 4.69) is 43.8 Å². The van der Waals surface area contributed by atoms with Gasteiger partial charge in [0.05, 0.1) is 5.56 Å². The lowest BCUT2D eigenvalue weighted by molar-refractivity contribution is 0.0643. The molecule has 0 spiro atoms. The molecule has 1 unspecified atom stereocenters. The number of halogens is 2. The topological polar surface area (TPSA) is 23.6 Å². The van der Waals surface area contributed by atoms with Crippen LogP contribution < -0.4 is 0 Å². The lowest BCUT2D eigenvalue weighted by Crippen LogP contribution is -2.47. The first kappa shape index (κ1) is 15.0. The number of likely N-dealkylation sites (tertiary alicyclic amines) is 1. The summed E-state index contributed by atoms with van der Waals surface area (Å²) in [7, 11) is 4.01. The maximum atomic E-state index is 12.5. The minimum absolute atomic E-state index is 0.0830. The molecule has 0 saturated carbocycles. The summed E-state index contributed by atoms with van der Waals surface area (Å²) in [6, 6.07) is 5.98. The van der Waals surface area contributed by atoms with Gasteiger partial charge in [0.1, 0.15) is 0 Å². The molecule has 104 valence electrons. The van der Waals surface area contributed by atoms with E-state index in [9.17, 15) is 4.79 Å². The lowest BCUT2D eigenvalue weighted by Gasteiger charge is -2.36. The number of amides is 1. The Balaban J connectivity index is 2.14. The Morgan fingerprint density at radius 2 is 2.16 bits per heavy atom. The van der Waals surface area contributed by atoms with Gasteiger partial charge >= 0.3 is 0 Å². The summed E-state index contributed by atoms with van der Waals surface area (Å²) in [4.78, 5) is 16.7. The molecule has 1 atom stereocenters. The fraction of sp³-hybridized carbons (Fsp3) is 0.500. The zero-order chi connectivity index (χ0) is 14.0. The highest BCUT2D eigenvalue weighted by molar-refractivity contribution is 9.11. The van der Waals surface area contributed by atoms with Gasteiger partial charge in [0.15, 0.2) is 0 Å². The van der Waals surface area contributed by atoms with Crippen LogP contribution in [-0.2, 0) is 0 Å². The van der Waals surface area contributed by atoms with E-state index < -0.39 is 0 Å². The summed E-state index contributed by atoms with van der Waals surface area (Å²) in [6.45, 7) is 2.08. The second-order valence-electron chi connectivity index (χ2n) is 5.10. The lowest BCUT2D eigenvalue weighted by atomic mass is 10.0. The van der Waals surface area contributed by atoms with Gasteiger partial charge in [0.25, 0.3) is 5.91 Å². The molecule has 1 aliphatic rings. The first-order chi connectivity index (χ1) is 8.99. The summed E-state index contributed by atoms with van der Waals surface area (Å²) in [5.41, 5.74) is 0.721. The zero-order valence-corrected chi connectivity index (χ0v) is 14.4. The molecule has 1 fully saturated rings. The van der Waals surface area contributed by atoms with Crippen LogP contribution in [0.2, 0.25) is 0 Å². The Kier molecular flexibility index (Phi) is 5.03. The largest absolute Gasteiger partial charge is 0.337 e. The molecule has 0 radical (unpaired) electrons. The van der Waals surface area contributed by atoms with Gasteiger partial charge in [-0.1, -0.05) is 15.9 Å². The number of hydrogen-bond donors (Lipinski definition) is 0. The molecular formula is C14H18Br2N2O. The van der Waals surface area contributed by atoms with Gasteiger partial charge in [0, 0.05) is 28.6 Å². The van der Waals surface area contributed by atoms with Gasteiger partial charge in [-0.15, -0.1) is 0 Å². The van der Waals surface area contributed by atoms with E-state index in [-0.39, 0.29) is 5.91 Å². The van der Waals surface area contributed by atoms with E-state index in [0.29, 0.717) is 6.04 Å². The van der Waals surface area contributed by atoms with Crippen LogP contribution in [0.15, 0.2) is 27.1 Å². The SMILES string of the molecule is CN1CCCC(N(C)C(=O)c2ccc(Br)cc2Br)C1. The van der Waals surface area contributed by atoms with Crippen LogP contribution in [-0.4, -0.2) is 48.9 Å². The van der Waals surface area contributed by atoms with Crippen LogP contribution in [0.1, 0.15) is 23.2 Å². The molecule has 3 nitrogen and oxygen atoms in total. The van der Waals surface area contributed by atoms with Crippen molar-refractivity contribution in [3.05, 3.63) is 32.7 Å². The highest BCUT2D eigenvalue weighted by atomic mass is 79.9. The number of likely N-dealkylation sites (N-methyl/N-ethyl adjacent to an activating group) is 2. The second kappa shape index (κ2) is 6.37. The van der Waals surface area contributed by atoms with Crippen LogP contribution in [0.5, 0.6) is 0 Å². The van der Waals surface area contributed by atoms with Crippen LogP contribution in [0.4, 0.5) is 0 Å². The molecule has 0 N–H and O–H groups in total. The Labute approximate surface area is 131 Å². The molecule has 1 amide bonds. The maximum Gasteiger partial charge on any atom is 0.255 e. The van der Waals surface area contributed by atoms with E-state index in [4.69, 9.17) is 0 Å². The summed E-state index contributed by atoms with van der Waals surface area (Å²) in [5.74, 6) is 0.0830. The van der Waals surface area contributed by atoms with Crippen LogP contribution >= 0.6 is 31.9 Å². The third kappa shape index (κ3) is 3.58. The normalized spacial score (nSPS) is 20.3. The Bertz CT molecular complexity index is 479. The molecule has 1 heterocycles. The fourth-order valence-electron chi connectivity index (χ4n) is 2.47. The molecule has 0 aromatic heterocycles. The highest BCUT2D eigenvalue weighted by Gasteiger charge is 2.26. The first-order valence-electron chi connectivity index (χ1n) is 6.40. The number of hydrogen-bond acceptors (Lipinski definition) is 2. The monoisotopic (exact) mass is 388 g/mol. The minimum atomic E-state index is 0.0830. The molecule has 5 heteroatoms. The quantitative estimate of drug-likeness (QED) is 0.774. The molecule has 1 aromatic rings. The van der Waals surface area contributed by atoms with E-state index in [1.807, 2.05) is 30.1 Å². The number of carbonyl (C=O) groups excluding carboxylic acids is 1. The van der Waals surface area contributed by atoms with Crippen LogP contribution in [0, 0.1) is 0 Å². The number of nitrogens with zero attached hydrogens (tertiary/aromatic N) is 2. The predicted molar refractivity (Wildman–Crippen MR) is 84.5 cm³/mol. The van der Waals surface area contributed by atoms with E-state index in [0.717, 1.165) is 40.4 Å². The number of benzene rings is 1. The van der Waals surface area contributed by atoms with Crippen molar-refractivity contribution < 1.29 is 4.79 Å². The van der Waals surface area contributed by atoms with Gasteiger partial charge in [-0.05, 0) is 60.6 Å². The summed E-state index contributed by atoms with van der Waals surface area (Å²) in [6.07, 6.45) is 2.24. The van der Waals surface area contributed by atoms with E-state index in [1.165, 1.54) is 0 Å². The smallest absolute Gasteiger partial charge is 0.255 e. The van der Waals surface area contributed by atoms with Crippen molar-refractivity contribution in [3.63, 3.8) is 0 Å². The standard InChI is InChI=1S/C14H18Br2N2O/c1-17-7-3-4-11(9-17)18(2)14(19)12-6-5-10(15)8-13(12)16/h5-6,8,11H,3-4,7,9H2,1-2H3. The van der Waals surface area contributed by atoms with Gasteiger partial charge in [-0.2, -0.15) is 0 Å². The maximum absolute atomic E-state index is 12.5. The molecule has 19 heavy (non-hydrogen) atoms. The van der Waals surface area contributed by atoms with E-state index in [1.54, 1.807) is 0 Å². The number of carbonyl (C=O) groups is 1. The first-order valence-corrected chi connectivity index (χ1v) is 7.98. The molecule has 2 rings (SSSR count). The number of rotatable bonds is 2. The third-order valence-corrected chi connectivity index (χ3v) is 4.78. The van der Waals surface area contributed by atoms with E-state index >= 15 is 0 Å². The molecule has 0 bridgehead atoms. The average molecular weight is 390 g/mol. The van der Waals surface area contributed by atoms with Crippen molar-refractivity contribution in [1.82, 2.24) is 9.80 Å². The Morgan fingerprint density at radius 3 is 2.79 bits per heavy atom. The predicted octanol–water partition coefficient (Wildman–Crippen LogP) is 3.38. The molecule has 0 aliphatic carbocycles. The van der Waals surface area contributed by atoms with Gasteiger partial charge in [-0.25, -0.2) is 0 Å². The van der Waals surface area contributed by atoms with Gasteiger partial charge < -0.3 is 9.80 Å². The van der Waals surface area contributed by atoms with Crippen molar-refractivity contribution >= 4 is 37.8 Å². The van der Waals surface area contributed by atoms with Crippen molar-refractivity contribution in [2.24, 2.45) is 0 Å². The van der Waals surface area contributed by atoms with Crippen LogP contribution in [0.3, 0.4) is 0 Å². The highest BCUT2D eigenvalue weighted by Crippen LogP contribution is 2.24. The zero-order valence-electron chi connectivity index (χ0n) is 11.2. The Morgan fingerprint density at radius 1 is 1.42 bits per heavy atom. The fourth-order valence-corrected chi connectivity index (χ4v) is 3.69. The molecule has 1 aromatic carbocycles. The van der Waals surface area contributed by atoms with Crippen molar-refractivity contribution in [2.75, 3.05) is 27.2 Å². The third-order valence-electron chi connectivity index (χ3n) is 3.63. The van der Waals surface area contributed by atoms with Gasteiger partial charge in [-0.3, -0.25) is 4.79 Å². The van der Waals surface area contributed by atoms with Crippen LogP contribution in [0.25, 0.3) is 0 Å². The minimum Gasteiger partial charge on any atom is -0.337 e. The molecular weight excluding hydrogens is 372 g/mol. The van der Waals surface area contributed by atoms with Crippen molar-refractivity contribution in [1.29, 1.82) is 0 Å².